The Hall–Kier alpha value is -2.70. The van der Waals surface area contributed by atoms with Crippen LogP contribution >= 0.6 is 0 Å². The van der Waals surface area contributed by atoms with Crippen molar-refractivity contribution in [2.45, 2.75) is 39.0 Å². The van der Waals surface area contributed by atoms with Crippen molar-refractivity contribution in [3.05, 3.63) is 64.7 Å². The molecule has 1 aliphatic rings. The molecule has 1 heterocycles. The van der Waals surface area contributed by atoms with Crippen LogP contribution in [0.25, 0.3) is 0 Å². The number of rotatable bonds is 8. The molecule has 1 unspecified atom stereocenters. The molecular formula is C23H28N2O4. The number of nitrogens with zero attached hydrogens (tertiary/aromatic N) is 1. The topological polar surface area (TPSA) is 78.9 Å². The van der Waals surface area contributed by atoms with Gasteiger partial charge < -0.3 is 15.2 Å². The number of carbonyl (C=O) groups excluding carboxylic acids is 2. The predicted molar refractivity (Wildman–Crippen MR) is 111 cm³/mol. The fourth-order valence-electron chi connectivity index (χ4n) is 3.65. The molecule has 0 spiro atoms. The molecule has 0 radical (unpaired) electrons. The number of aliphatic hydroxyl groups excluding tert-OH is 1. The van der Waals surface area contributed by atoms with Crippen LogP contribution in [0, 0.1) is 0 Å². The van der Waals surface area contributed by atoms with Crippen LogP contribution in [0.3, 0.4) is 0 Å². The van der Waals surface area contributed by atoms with Gasteiger partial charge in [0.05, 0.1) is 19.6 Å². The predicted octanol–water partition coefficient (Wildman–Crippen LogP) is 2.32. The van der Waals surface area contributed by atoms with Crippen LogP contribution in [-0.2, 0) is 24.3 Å². The normalized spacial score (nSPS) is 16.6. The van der Waals surface area contributed by atoms with E-state index in [0.29, 0.717) is 30.0 Å². The van der Waals surface area contributed by atoms with Gasteiger partial charge in [0.15, 0.2) is 5.78 Å². The van der Waals surface area contributed by atoms with Crippen molar-refractivity contribution in [1.29, 1.82) is 0 Å². The average Bonchev–Trinajstić information content (AvgIpc) is 3.12. The number of β-amino-alcohol motifs (C(OH)–C–C–N with tert-alkyl or cyclic N) is 1. The second kappa shape index (κ2) is 9.67. The molecule has 154 valence electrons. The van der Waals surface area contributed by atoms with E-state index in [4.69, 9.17) is 4.74 Å². The minimum absolute atomic E-state index is 0.0460. The monoisotopic (exact) mass is 396 g/mol. The van der Waals surface area contributed by atoms with E-state index in [1.165, 1.54) is 6.92 Å². The van der Waals surface area contributed by atoms with Gasteiger partial charge in [-0.3, -0.25) is 14.5 Å². The van der Waals surface area contributed by atoms with Gasteiger partial charge in [-0.05, 0) is 42.7 Å². The SMILES string of the molecule is COc1ccc(C(C)=O)cc1CC(=O)NCc1ccccc1CN1CCC(O)C1. The van der Waals surface area contributed by atoms with Crippen LogP contribution in [-0.4, -0.2) is 48.0 Å². The lowest BCUT2D eigenvalue weighted by Crippen LogP contribution is -2.27. The summed E-state index contributed by atoms with van der Waals surface area (Å²) in [6, 6.07) is 13.2. The van der Waals surface area contributed by atoms with Crippen molar-refractivity contribution in [2.75, 3.05) is 20.2 Å². The number of carbonyl (C=O) groups is 2. The Morgan fingerprint density at radius 3 is 2.59 bits per heavy atom. The highest BCUT2D eigenvalue weighted by Gasteiger charge is 2.20. The lowest BCUT2D eigenvalue weighted by atomic mass is 10.0. The molecule has 29 heavy (non-hydrogen) atoms. The van der Waals surface area contributed by atoms with E-state index in [-0.39, 0.29) is 24.2 Å². The van der Waals surface area contributed by atoms with E-state index in [2.05, 4.69) is 16.3 Å². The molecule has 0 saturated carbocycles. The van der Waals surface area contributed by atoms with Crippen molar-refractivity contribution in [3.8, 4) is 5.75 Å². The zero-order chi connectivity index (χ0) is 20.8. The van der Waals surface area contributed by atoms with E-state index in [1.807, 2.05) is 18.2 Å². The third-order valence-electron chi connectivity index (χ3n) is 5.27. The lowest BCUT2D eigenvalue weighted by Gasteiger charge is -2.18. The van der Waals surface area contributed by atoms with Crippen LogP contribution in [0.5, 0.6) is 5.75 Å². The van der Waals surface area contributed by atoms with E-state index >= 15 is 0 Å². The largest absolute Gasteiger partial charge is 0.496 e. The summed E-state index contributed by atoms with van der Waals surface area (Å²) in [7, 11) is 1.55. The Bertz CT molecular complexity index is 881. The molecule has 1 amide bonds. The number of ether oxygens (including phenoxy) is 1. The summed E-state index contributed by atoms with van der Waals surface area (Å²) in [6.45, 7) is 4.26. The van der Waals surface area contributed by atoms with Gasteiger partial charge in [-0.15, -0.1) is 0 Å². The number of aliphatic hydroxyl groups is 1. The van der Waals surface area contributed by atoms with Gasteiger partial charge in [-0.1, -0.05) is 24.3 Å². The van der Waals surface area contributed by atoms with E-state index in [9.17, 15) is 14.7 Å². The first-order valence-electron chi connectivity index (χ1n) is 9.88. The molecule has 0 bridgehead atoms. The summed E-state index contributed by atoms with van der Waals surface area (Å²) in [4.78, 5) is 26.4. The number of nitrogens with one attached hydrogen (secondary N) is 1. The standard InChI is InChI=1S/C23H28N2O4/c1-16(26)17-7-8-22(29-2)20(11-17)12-23(28)24-13-18-5-3-4-6-19(18)14-25-10-9-21(27)15-25/h3-8,11,21,27H,9-10,12-15H2,1-2H3,(H,24,28). The van der Waals surface area contributed by atoms with Crippen LogP contribution in [0.2, 0.25) is 0 Å². The highest BCUT2D eigenvalue weighted by molar-refractivity contribution is 5.94. The molecule has 6 heteroatoms. The molecule has 2 aromatic carbocycles. The molecule has 3 rings (SSSR count). The fourth-order valence-corrected chi connectivity index (χ4v) is 3.65. The Labute approximate surface area is 171 Å². The number of amides is 1. The minimum atomic E-state index is -0.248. The minimum Gasteiger partial charge on any atom is -0.496 e. The number of ketones is 1. The lowest BCUT2D eigenvalue weighted by molar-refractivity contribution is -0.120. The molecule has 1 atom stereocenters. The van der Waals surface area contributed by atoms with Gasteiger partial charge in [0.1, 0.15) is 5.75 Å². The molecule has 1 aliphatic heterocycles. The Morgan fingerprint density at radius 2 is 1.93 bits per heavy atom. The molecular weight excluding hydrogens is 368 g/mol. The van der Waals surface area contributed by atoms with Crippen LogP contribution in [0.4, 0.5) is 0 Å². The smallest absolute Gasteiger partial charge is 0.224 e. The van der Waals surface area contributed by atoms with Crippen molar-refractivity contribution in [2.24, 2.45) is 0 Å². The molecule has 1 fully saturated rings. The van der Waals surface area contributed by atoms with E-state index in [1.54, 1.807) is 25.3 Å². The molecule has 0 aliphatic carbocycles. The van der Waals surface area contributed by atoms with Gasteiger partial charge in [0.25, 0.3) is 0 Å². The van der Waals surface area contributed by atoms with Crippen LogP contribution in [0.1, 0.15) is 40.4 Å². The highest BCUT2D eigenvalue weighted by atomic mass is 16.5. The Kier molecular flexibility index (Phi) is 7.01. The van der Waals surface area contributed by atoms with Crippen molar-refractivity contribution in [3.63, 3.8) is 0 Å². The third kappa shape index (κ3) is 5.65. The summed E-state index contributed by atoms with van der Waals surface area (Å²) < 4.78 is 5.33. The number of benzene rings is 2. The van der Waals surface area contributed by atoms with Crippen LogP contribution < -0.4 is 10.1 Å². The Morgan fingerprint density at radius 1 is 1.17 bits per heavy atom. The molecule has 0 aromatic heterocycles. The maximum atomic E-state index is 12.5. The van der Waals surface area contributed by atoms with Crippen molar-refractivity contribution in [1.82, 2.24) is 10.2 Å². The van der Waals surface area contributed by atoms with Crippen molar-refractivity contribution >= 4 is 11.7 Å². The first-order chi connectivity index (χ1) is 14.0. The van der Waals surface area contributed by atoms with E-state index < -0.39 is 0 Å². The fraction of sp³-hybridized carbons (Fsp3) is 0.391. The number of hydrogen-bond donors (Lipinski definition) is 2. The molecule has 1 saturated heterocycles. The zero-order valence-corrected chi connectivity index (χ0v) is 17.0. The quantitative estimate of drug-likeness (QED) is 0.670. The second-order valence-electron chi connectivity index (χ2n) is 7.48. The number of likely N-dealkylation sites (tertiary alicyclic amines) is 1. The summed E-state index contributed by atoms with van der Waals surface area (Å²) in [5, 5.41) is 12.7. The zero-order valence-electron chi connectivity index (χ0n) is 17.0. The third-order valence-corrected chi connectivity index (χ3v) is 5.27. The number of Topliss-reactive ketones (excluding diaryl/α,β-unsaturated/α-hetero) is 1. The molecule has 2 N–H and O–H groups in total. The second-order valence-corrected chi connectivity index (χ2v) is 7.48. The van der Waals surface area contributed by atoms with E-state index in [0.717, 1.165) is 30.6 Å². The summed E-state index contributed by atoms with van der Waals surface area (Å²) in [6.07, 6.45) is 0.702. The maximum absolute atomic E-state index is 12.5. The van der Waals surface area contributed by atoms with Crippen molar-refractivity contribution < 1.29 is 19.4 Å². The first kappa shape index (κ1) is 21.0. The van der Waals surface area contributed by atoms with Gasteiger partial charge in [-0.25, -0.2) is 0 Å². The number of hydrogen-bond acceptors (Lipinski definition) is 5. The summed E-state index contributed by atoms with van der Waals surface area (Å²) >= 11 is 0. The summed E-state index contributed by atoms with van der Waals surface area (Å²) in [5.41, 5.74) is 3.47. The Balaban J connectivity index is 1.63. The molecule has 2 aromatic rings. The van der Waals surface area contributed by atoms with Gasteiger partial charge in [0, 0.05) is 37.3 Å². The highest BCUT2D eigenvalue weighted by Crippen LogP contribution is 2.21. The van der Waals surface area contributed by atoms with Gasteiger partial charge in [-0.2, -0.15) is 0 Å². The average molecular weight is 396 g/mol. The van der Waals surface area contributed by atoms with Gasteiger partial charge >= 0.3 is 0 Å². The number of methoxy groups -OCH3 is 1. The maximum Gasteiger partial charge on any atom is 0.224 e. The van der Waals surface area contributed by atoms with Crippen LogP contribution in [0.15, 0.2) is 42.5 Å². The first-order valence-corrected chi connectivity index (χ1v) is 9.88. The molecule has 6 nitrogen and oxygen atoms in total. The summed E-state index contributed by atoms with van der Waals surface area (Å²) in [5.74, 6) is 0.420. The van der Waals surface area contributed by atoms with Gasteiger partial charge in [0.2, 0.25) is 5.91 Å².